The van der Waals surface area contributed by atoms with Crippen molar-refractivity contribution in [3.8, 4) is 0 Å². The van der Waals surface area contributed by atoms with Crippen LogP contribution in [-0.4, -0.2) is 30.7 Å². The monoisotopic (exact) mass is 409 g/mol. The number of anilines is 1. The van der Waals surface area contributed by atoms with Gasteiger partial charge in [-0.15, -0.1) is 0 Å². The summed E-state index contributed by atoms with van der Waals surface area (Å²) in [6.45, 7) is 2.75. The zero-order valence-electron chi connectivity index (χ0n) is 14.4. The number of halogens is 1. The lowest BCUT2D eigenvalue weighted by Gasteiger charge is -2.10. The third-order valence-corrected chi connectivity index (χ3v) is 4.69. The van der Waals surface area contributed by atoms with Gasteiger partial charge in [-0.1, -0.05) is 23.7 Å². The number of hydrogen-bond donors (Lipinski definition) is 2. The molecule has 0 aliphatic carbocycles. The largest absolute Gasteiger partial charge is 0.322 e. The van der Waals surface area contributed by atoms with Gasteiger partial charge in [-0.05, 0) is 49.7 Å². The van der Waals surface area contributed by atoms with Crippen molar-refractivity contribution in [3.05, 3.63) is 53.1 Å². The Balaban J connectivity index is 2.24. The Morgan fingerprint density at radius 1 is 1.19 bits per heavy atom. The fraction of sp³-hybridized carbons (Fsp3) is 0.176. The topological polar surface area (TPSA) is 125 Å². The molecule has 142 valence electrons. The van der Waals surface area contributed by atoms with E-state index in [2.05, 4.69) is 15.5 Å². The van der Waals surface area contributed by atoms with Crippen molar-refractivity contribution in [2.24, 2.45) is 10.2 Å². The van der Waals surface area contributed by atoms with Crippen LogP contribution in [0.25, 0.3) is 0 Å². The Morgan fingerprint density at radius 3 is 2.41 bits per heavy atom. The predicted octanol–water partition coefficient (Wildman–Crippen LogP) is 3.58. The Hall–Kier alpha value is -2.62. The normalized spacial score (nSPS) is 12.7. The molecular weight excluding hydrogens is 394 g/mol. The molecule has 2 N–H and O–H groups in total. The maximum absolute atomic E-state index is 12.3. The summed E-state index contributed by atoms with van der Waals surface area (Å²) in [6, 6.07) is 8.78. The van der Waals surface area contributed by atoms with Crippen LogP contribution in [0.1, 0.15) is 12.5 Å². The number of aryl methyl sites for hydroxylation is 1. The fourth-order valence-electron chi connectivity index (χ4n) is 2.10. The van der Waals surface area contributed by atoms with Crippen LogP contribution in [0.15, 0.2) is 57.6 Å². The average Bonchev–Trinajstić information content (AvgIpc) is 2.57. The highest BCUT2D eigenvalue weighted by atomic mass is 35.5. The minimum atomic E-state index is -4.34. The summed E-state index contributed by atoms with van der Waals surface area (Å²) in [5, 5.41) is 10.5. The van der Waals surface area contributed by atoms with Gasteiger partial charge >= 0.3 is 0 Å². The van der Waals surface area contributed by atoms with E-state index in [-0.39, 0.29) is 10.6 Å². The molecule has 27 heavy (non-hydrogen) atoms. The minimum Gasteiger partial charge on any atom is -0.322 e. The van der Waals surface area contributed by atoms with E-state index in [1.807, 2.05) is 0 Å². The molecule has 0 fully saturated rings. The molecule has 0 aromatic heterocycles. The van der Waals surface area contributed by atoms with Crippen molar-refractivity contribution in [2.45, 2.75) is 24.8 Å². The Kier molecular flexibility index (Phi) is 6.42. The number of nitrogens with one attached hydrogen (secondary N) is 1. The van der Waals surface area contributed by atoms with E-state index in [0.717, 1.165) is 6.07 Å². The van der Waals surface area contributed by atoms with Crippen LogP contribution in [-0.2, 0) is 19.7 Å². The van der Waals surface area contributed by atoms with Gasteiger partial charge in [0.05, 0.1) is 21.3 Å². The summed E-state index contributed by atoms with van der Waals surface area (Å²) >= 11 is 5.97. The number of benzene rings is 2. The number of ketones is 1. The number of Topliss-reactive ketones (excluding diaryl/α,β-unsaturated/α-hetero) is 1. The van der Waals surface area contributed by atoms with Crippen molar-refractivity contribution in [2.75, 3.05) is 5.32 Å². The van der Waals surface area contributed by atoms with Gasteiger partial charge in [0.25, 0.3) is 16.0 Å². The Morgan fingerprint density at radius 2 is 1.85 bits per heavy atom. The van der Waals surface area contributed by atoms with Crippen molar-refractivity contribution < 1.29 is 22.6 Å². The molecule has 0 aliphatic heterocycles. The molecule has 10 heteroatoms. The van der Waals surface area contributed by atoms with Crippen molar-refractivity contribution in [3.63, 3.8) is 0 Å². The van der Waals surface area contributed by atoms with E-state index in [0.29, 0.717) is 16.3 Å². The van der Waals surface area contributed by atoms with Crippen molar-refractivity contribution in [1.29, 1.82) is 0 Å². The van der Waals surface area contributed by atoms with E-state index < -0.39 is 27.9 Å². The maximum atomic E-state index is 12.3. The number of carbonyl (C=O) groups excluding carboxylic acids is 2. The standard InChI is InChI=1S/C17H16ClN3O5S/c1-10-9-12(27(24,25)26)7-8-14(10)20-21-16(11(2)22)17(23)19-15-6-4-3-5-13(15)18/h3-9,16H,1-2H3,(H,19,23)(H,24,25,26)/b21-20+. The molecule has 8 nitrogen and oxygen atoms in total. The van der Waals surface area contributed by atoms with Crippen LogP contribution in [0.2, 0.25) is 5.02 Å². The number of azo groups is 1. The number of nitrogens with zero attached hydrogens (tertiary/aromatic N) is 2. The van der Waals surface area contributed by atoms with Gasteiger partial charge in [0.1, 0.15) is 0 Å². The second-order valence-corrected chi connectivity index (χ2v) is 7.45. The van der Waals surface area contributed by atoms with Crippen molar-refractivity contribution in [1.82, 2.24) is 0 Å². The van der Waals surface area contributed by atoms with E-state index in [1.54, 1.807) is 31.2 Å². The molecule has 0 bridgehead atoms. The van der Waals surface area contributed by atoms with Crippen LogP contribution in [0.3, 0.4) is 0 Å². The quantitative estimate of drug-likeness (QED) is 0.428. The minimum absolute atomic E-state index is 0.249. The second-order valence-electron chi connectivity index (χ2n) is 5.62. The first kappa shape index (κ1) is 20.7. The maximum Gasteiger partial charge on any atom is 0.294 e. The summed E-state index contributed by atoms with van der Waals surface area (Å²) in [6.07, 6.45) is 0. The molecule has 0 heterocycles. The summed E-state index contributed by atoms with van der Waals surface area (Å²) < 4.78 is 31.3. The molecule has 1 unspecified atom stereocenters. The lowest BCUT2D eigenvalue weighted by molar-refractivity contribution is -0.126. The van der Waals surface area contributed by atoms with Crippen LogP contribution in [0.5, 0.6) is 0 Å². The van der Waals surface area contributed by atoms with Crippen LogP contribution in [0, 0.1) is 6.92 Å². The first-order chi connectivity index (χ1) is 12.6. The zero-order chi connectivity index (χ0) is 20.2. The van der Waals surface area contributed by atoms with E-state index in [4.69, 9.17) is 16.2 Å². The predicted molar refractivity (Wildman–Crippen MR) is 100 cm³/mol. The van der Waals surface area contributed by atoms with Crippen molar-refractivity contribution >= 4 is 44.8 Å². The van der Waals surface area contributed by atoms with E-state index >= 15 is 0 Å². The summed E-state index contributed by atoms with van der Waals surface area (Å²) in [5.74, 6) is -1.23. The first-order valence-corrected chi connectivity index (χ1v) is 9.46. The highest BCUT2D eigenvalue weighted by molar-refractivity contribution is 7.85. The molecule has 0 saturated heterocycles. The molecule has 0 spiro atoms. The molecule has 1 amide bonds. The summed E-state index contributed by atoms with van der Waals surface area (Å²) in [5.41, 5.74) is 0.973. The molecule has 0 saturated carbocycles. The third-order valence-electron chi connectivity index (χ3n) is 3.51. The third kappa shape index (κ3) is 5.43. The van der Waals surface area contributed by atoms with E-state index in [1.165, 1.54) is 19.1 Å². The van der Waals surface area contributed by atoms with Crippen LogP contribution < -0.4 is 5.32 Å². The van der Waals surface area contributed by atoms with Gasteiger partial charge in [0.15, 0.2) is 5.78 Å². The first-order valence-electron chi connectivity index (χ1n) is 7.64. The van der Waals surface area contributed by atoms with Gasteiger partial charge in [-0.25, -0.2) is 0 Å². The molecule has 1 atom stereocenters. The Bertz CT molecular complexity index is 1020. The number of para-hydroxylation sites is 1. The van der Waals surface area contributed by atoms with Gasteiger partial charge < -0.3 is 5.32 Å². The molecule has 2 aromatic rings. The number of amides is 1. The SMILES string of the molecule is CC(=O)C(/N=N/c1ccc(S(=O)(=O)O)cc1C)C(=O)Nc1ccccc1Cl. The molecular formula is C17H16ClN3O5S. The van der Waals surface area contributed by atoms with E-state index in [9.17, 15) is 18.0 Å². The zero-order valence-corrected chi connectivity index (χ0v) is 16.0. The summed E-state index contributed by atoms with van der Waals surface area (Å²) in [7, 11) is -4.34. The summed E-state index contributed by atoms with van der Waals surface area (Å²) in [4.78, 5) is 23.8. The highest BCUT2D eigenvalue weighted by Gasteiger charge is 2.24. The number of carbonyl (C=O) groups is 2. The number of hydrogen-bond acceptors (Lipinski definition) is 6. The molecule has 0 aliphatic rings. The second kappa shape index (κ2) is 8.38. The van der Waals surface area contributed by atoms with Crippen LogP contribution in [0.4, 0.5) is 11.4 Å². The van der Waals surface area contributed by atoms with Crippen LogP contribution >= 0.6 is 11.6 Å². The lowest BCUT2D eigenvalue weighted by atomic mass is 10.2. The van der Waals surface area contributed by atoms with Gasteiger partial charge in [-0.2, -0.15) is 18.6 Å². The van der Waals surface area contributed by atoms with Gasteiger partial charge in [0.2, 0.25) is 6.04 Å². The smallest absolute Gasteiger partial charge is 0.294 e. The molecule has 0 radical (unpaired) electrons. The molecule has 2 rings (SSSR count). The van der Waals surface area contributed by atoms with Gasteiger partial charge in [-0.3, -0.25) is 14.1 Å². The van der Waals surface area contributed by atoms with Gasteiger partial charge in [0, 0.05) is 0 Å². The average molecular weight is 410 g/mol. The highest BCUT2D eigenvalue weighted by Crippen LogP contribution is 2.24. The molecule has 2 aromatic carbocycles. The Labute approximate surface area is 161 Å². The number of rotatable bonds is 6. The lowest BCUT2D eigenvalue weighted by Crippen LogP contribution is -2.31. The fourth-order valence-corrected chi connectivity index (χ4v) is 2.85.